The van der Waals surface area contributed by atoms with Crippen molar-refractivity contribution < 1.29 is 22.7 Å². The number of carbonyl (C=O) groups is 1. The fraction of sp³-hybridized carbons (Fsp3) is 0.171. The number of ether oxygens (including phenoxy) is 2. The molecule has 0 fully saturated rings. The predicted octanol–water partition coefficient (Wildman–Crippen LogP) is 6.73. The molecule has 4 aromatic carbocycles. The van der Waals surface area contributed by atoms with Crippen molar-refractivity contribution in [1.82, 2.24) is 4.31 Å². The van der Waals surface area contributed by atoms with Gasteiger partial charge in [0.2, 0.25) is 21.5 Å². The van der Waals surface area contributed by atoms with E-state index in [9.17, 15) is 13.2 Å². The van der Waals surface area contributed by atoms with E-state index in [1.165, 1.54) is 4.31 Å². The summed E-state index contributed by atoms with van der Waals surface area (Å²) in [5.41, 5.74) is 2.91. The maximum Gasteiger partial charge on any atom is 0.373 e. The van der Waals surface area contributed by atoms with Crippen LogP contribution in [0.25, 0.3) is 6.08 Å². The summed E-state index contributed by atoms with van der Waals surface area (Å²) in [5, 5.41) is 0. The Bertz CT molecular complexity index is 1750. The van der Waals surface area contributed by atoms with E-state index in [2.05, 4.69) is 0 Å². The first-order chi connectivity index (χ1) is 20.3. The normalized spacial score (nSPS) is 20.2. The molecule has 7 heteroatoms. The van der Waals surface area contributed by atoms with E-state index >= 15 is 0 Å². The number of hydrogen-bond acceptors (Lipinski definition) is 5. The summed E-state index contributed by atoms with van der Waals surface area (Å²) in [6.45, 7) is 2.10. The lowest BCUT2D eigenvalue weighted by molar-refractivity contribution is -0.159. The monoisotopic (exact) mass is 577 g/mol. The van der Waals surface area contributed by atoms with Gasteiger partial charge in [-0.3, -0.25) is 0 Å². The van der Waals surface area contributed by atoms with Crippen molar-refractivity contribution in [1.29, 1.82) is 0 Å². The quantitative estimate of drug-likeness (QED) is 0.228. The Labute approximate surface area is 246 Å². The lowest BCUT2D eigenvalue weighted by Gasteiger charge is -2.42. The SMILES string of the molecule is Cc1ccc(S(=O)(=O)N2Cc3ccccc3[C@@]23C[C@@H](/C=C/c2ccccc2)C=C(C(=O)OCc2ccccc2)O3)cc1. The number of nitrogens with zero attached hydrogens (tertiary/aromatic N) is 1. The molecule has 6 nitrogen and oxygen atoms in total. The molecule has 0 amide bonds. The van der Waals surface area contributed by atoms with Crippen LogP contribution in [0.5, 0.6) is 0 Å². The maximum atomic E-state index is 14.3. The summed E-state index contributed by atoms with van der Waals surface area (Å²) in [7, 11) is -4.02. The van der Waals surface area contributed by atoms with Crippen LogP contribution in [0, 0.1) is 12.8 Å². The van der Waals surface area contributed by atoms with Crippen molar-refractivity contribution in [2.75, 3.05) is 0 Å². The van der Waals surface area contributed by atoms with Gasteiger partial charge in [0.25, 0.3) is 0 Å². The number of hydrogen-bond donors (Lipinski definition) is 0. The van der Waals surface area contributed by atoms with Crippen molar-refractivity contribution in [3.8, 4) is 0 Å². The minimum Gasteiger partial charge on any atom is -0.460 e. The third-order valence-electron chi connectivity index (χ3n) is 7.67. The summed E-state index contributed by atoms with van der Waals surface area (Å²) in [6.07, 6.45) is 5.98. The minimum atomic E-state index is -4.02. The van der Waals surface area contributed by atoms with Gasteiger partial charge in [0.05, 0.1) is 4.90 Å². The van der Waals surface area contributed by atoms with Gasteiger partial charge in [0.15, 0.2) is 0 Å². The van der Waals surface area contributed by atoms with Crippen LogP contribution in [-0.2, 0) is 43.2 Å². The number of fused-ring (bicyclic) bond motifs is 2. The second-order valence-electron chi connectivity index (χ2n) is 10.6. The highest BCUT2D eigenvalue weighted by Gasteiger charge is 2.56. The molecule has 0 aliphatic carbocycles. The third kappa shape index (κ3) is 5.41. The molecule has 0 saturated heterocycles. The fourth-order valence-corrected chi connectivity index (χ4v) is 7.19. The summed E-state index contributed by atoms with van der Waals surface area (Å²) in [4.78, 5) is 13.7. The highest BCUT2D eigenvalue weighted by atomic mass is 32.2. The molecule has 2 aliphatic heterocycles. The third-order valence-corrected chi connectivity index (χ3v) is 9.54. The Morgan fingerprint density at radius 1 is 0.929 bits per heavy atom. The van der Waals surface area contributed by atoms with Crippen LogP contribution in [0.1, 0.15) is 34.2 Å². The molecular weight excluding hydrogens is 546 g/mol. The van der Waals surface area contributed by atoms with E-state index in [4.69, 9.17) is 9.47 Å². The van der Waals surface area contributed by atoms with Crippen LogP contribution in [0.4, 0.5) is 0 Å². The molecule has 6 rings (SSSR count). The topological polar surface area (TPSA) is 72.9 Å². The van der Waals surface area contributed by atoms with Crippen LogP contribution >= 0.6 is 0 Å². The molecule has 0 bridgehead atoms. The smallest absolute Gasteiger partial charge is 0.373 e. The van der Waals surface area contributed by atoms with E-state index in [0.717, 1.165) is 27.8 Å². The molecule has 4 aromatic rings. The first-order valence-electron chi connectivity index (χ1n) is 13.9. The Morgan fingerprint density at radius 3 is 2.33 bits per heavy atom. The number of aryl methyl sites for hydroxylation is 1. The molecule has 0 N–H and O–H groups in total. The second-order valence-corrected chi connectivity index (χ2v) is 12.5. The number of rotatable bonds is 7. The predicted molar refractivity (Wildman–Crippen MR) is 161 cm³/mol. The first kappa shape index (κ1) is 27.7. The zero-order valence-electron chi connectivity index (χ0n) is 23.2. The molecule has 2 heterocycles. The summed E-state index contributed by atoms with van der Waals surface area (Å²) >= 11 is 0. The van der Waals surface area contributed by atoms with Crippen LogP contribution in [0.15, 0.2) is 132 Å². The number of sulfonamides is 1. The first-order valence-corrected chi connectivity index (χ1v) is 15.3. The maximum absolute atomic E-state index is 14.3. The van der Waals surface area contributed by atoms with E-state index in [-0.39, 0.29) is 36.1 Å². The zero-order valence-corrected chi connectivity index (χ0v) is 24.0. The van der Waals surface area contributed by atoms with Gasteiger partial charge < -0.3 is 9.47 Å². The molecule has 212 valence electrons. The average Bonchev–Trinajstić information content (AvgIpc) is 3.33. The average molecular weight is 578 g/mol. The molecular formula is C35H31NO5S. The van der Waals surface area contributed by atoms with Crippen molar-refractivity contribution in [2.24, 2.45) is 5.92 Å². The van der Waals surface area contributed by atoms with E-state index in [1.807, 2.05) is 104 Å². The minimum absolute atomic E-state index is 0.0132. The number of carbonyl (C=O) groups excluding carboxylic acids is 1. The van der Waals surface area contributed by atoms with Crippen molar-refractivity contribution in [3.63, 3.8) is 0 Å². The molecule has 0 aromatic heterocycles. The van der Waals surface area contributed by atoms with Crippen LogP contribution in [0.3, 0.4) is 0 Å². The highest BCUT2D eigenvalue weighted by molar-refractivity contribution is 7.89. The fourth-order valence-electron chi connectivity index (χ4n) is 5.55. The lowest BCUT2D eigenvalue weighted by Crippen LogP contribution is -2.49. The van der Waals surface area contributed by atoms with E-state index in [1.54, 1.807) is 30.3 Å². The van der Waals surface area contributed by atoms with Gasteiger partial charge in [-0.2, -0.15) is 0 Å². The van der Waals surface area contributed by atoms with Gasteiger partial charge >= 0.3 is 5.97 Å². The molecule has 0 unspecified atom stereocenters. The van der Waals surface area contributed by atoms with Gasteiger partial charge in [-0.25, -0.2) is 13.2 Å². The molecule has 1 spiro atoms. The van der Waals surface area contributed by atoms with Crippen LogP contribution in [-0.4, -0.2) is 18.7 Å². The highest BCUT2D eigenvalue weighted by Crippen LogP contribution is 2.51. The van der Waals surface area contributed by atoms with Crippen LogP contribution < -0.4 is 0 Å². The summed E-state index contributed by atoms with van der Waals surface area (Å²) in [5.74, 6) is -0.978. The van der Waals surface area contributed by atoms with Gasteiger partial charge in [0, 0.05) is 24.4 Å². The standard InChI is InChI=1S/C35H31NO5S/c1-26-16-20-31(21-17-26)42(38,39)36-24-30-14-8-9-15-32(30)35(36)23-29(19-18-27-10-4-2-5-11-27)22-33(41-35)34(37)40-25-28-12-6-3-7-13-28/h2-22,29H,23-25H2,1H3/b19-18+/t29-,35-/m0/s1. The summed E-state index contributed by atoms with van der Waals surface area (Å²) < 4.78 is 42.1. The molecule has 0 radical (unpaired) electrons. The van der Waals surface area contributed by atoms with Gasteiger partial charge in [0.1, 0.15) is 6.61 Å². The Balaban J connectivity index is 1.42. The van der Waals surface area contributed by atoms with Crippen LogP contribution in [0.2, 0.25) is 0 Å². The van der Waals surface area contributed by atoms with E-state index in [0.29, 0.717) is 0 Å². The largest absolute Gasteiger partial charge is 0.460 e. The molecule has 2 aliphatic rings. The summed E-state index contributed by atoms with van der Waals surface area (Å²) in [6, 6.07) is 33.6. The number of allylic oxidation sites excluding steroid dienone is 2. The lowest BCUT2D eigenvalue weighted by atomic mass is 9.88. The van der Waals surface area contributed by atoms with Crippen molar-refractivity contribution >= 4 is 22.1 Å². The van der Waals surface area contributed by atoms with Gasteiger partial charge in [-0.05, 0) is 41.8 Å². The Kier molecular flexibility index (Phi) is 7.54. The van der Waals surface area contributed by atoms with E-state index < -0.39 is 21.7 Å². The van der Waals surface area contributed by atoms with Gasteiger partial charge in [-0.1, -0.05) is 115 Å². The number of esters is 1. The molecule has 42 heavy (non-hydrogen) atoms. The van der Waals surface area contributed by atoms with Gasteiger partial charge in [-0.15, -0.1) is 4.31 Å². The van der Waals surface area contributed by atoms with Crippen molar-refractivity contribution in [3.05, 3.63) is 155 Å². The second kappa shape index (κ2) is 11.4. The molecule has 2 atom stereocenters. The Morgan fingerprint density at radius 2 is 1.60 bits per heavy atom. The Hall–Kier alpha value is -4.46. The molecule has 0 saturated carbocycles. The zero-order chi connectivity index (χ0) is 29.2. The van der Waals surface area contributed by atoms with Crippen molar-refractivity contribution in [2.45, 2.75) is 37.1 Å². The number of benzene rings is 4.